The van der Waals surface area contributed by atoms with Crippen molar-refractivity contribution >= 4 is 0 Å². The molecule has 1 aromatic carbocycles. The number of nitrogens with one attached hydrogen (secondary N) is 1. The second kappa shape index (κ2) is 8.89. The van der Waals surface area contributed by atoms with Crippen LogP contribution in [0.2, 0.25) is 0 Å². The van der Waals surface area contributed by atoms with E-state index in [2.05, 4.69) is 49.5 Å². The number of hydrogen-bond acceptors (Lipinski definition) is 2. The van der Waals surface area contributed by atoms with Crippen LogP contribution in [0.5, 0.6) is 5.75 Å². The molecular weight excluding hydrogens is 258 g/mol. The zero-order valence-electron chi connectivity index (χ0n) is 13.5. The molecule has 2 rings (SSSR count). The van der Waals surface area contributed by atoms with Crippen molar-refractivity contribution < 1.29 is 4.74 Å². The second-order valence-corrected chi connectivity index (χ2v) is 6.38. The Morgan fingerprint density at radius 2 is 1.95 bits per heavy atom. The summed E-state index contributed by atoms with van der Waals surface area (Å²) >= 11 is 0. The van der Waals surface area contributed by atoms with Crippen LogP contribution in [0.1, 0.15) is 51.5 Å². The molecule has 1 aliphatic rings. The van der Waals surface area contributed by atoms with E-state index < -0.39 is 0 Å². The molecule has 0 saturated carbocycles. The second-order valence-electron chi connectivity index (χ2n) is 6.38. The Morgan fingerprint density at radius 3 is 2.62 bits per heavy atom. The zero-order valence-corrected chi connectivity index (χ0v) is 13.5. The summed E-state index contributed by atoms with van der Waals surface area (Å²) in [5.41, 5.74) is 2.97. The average molecular weight is 287 g/mol. The SMILES string of the molecule is CC(C)COc1ccc(CNCCC2=CCCCC2)cc1. The fraction of sp³-hybridized carbons (Fsp3) is 0.579. The molecule has 0 amide bonds. The smallest absolute Gasteiger partial charge is 0.119 e. The number of rotatable bonds is 8. The van der Waals surface area contributed by atoms with Gasteiger partial charge in [0, 0.05) is 6.54 Å². The lowest BCUT2D eigenvalue weighted by Gasteiger charge is -2.13. The minimum absolute atomic E-state index is 0.570. The van der Waals surface area contributed by atoms with E-state index in [0.717, 1.165) is 25.4 Å². The lowest BCUT2D eigenvalue weighted by atomic mass is 9.97. The molecule has 21 heavy (non-hydrogen) atoms. The van der Waals surface area contributed by atoms with Gasteiger partial charge in [-0.25, -0.2) is 0 Å². The van der Waals surface area contributed by atoms with Crippen molar-refractivity contribution in [3.05, 3.63) is 41.5 Å². The Kier molecular flexibility index (Phi) is 6.81. The molecule has 1 aliphatic carbocycles. The van der Waals surface area contributed by atoms with Crippen LogP contribution >= 0.6 is 0 Å². The Labute approximate surface area is 129 Å². The fourth-order valence-electron chi connectivity index (χ4n) is 2.58. The van der Waals surface area contributed by atoms with Crippen molar-refractivity contribution in [2.75, 3.05) is 13.2 Å². The predicted molar refractivity (Wildman–Crippen MR) is 89.6 cm³/mol. The van der Waals surface area contributed by atoms with Gasteiger partial charge in [-0.05, 0) is 62.3 Å². The van der Waals surface area contributed by atoms with E-state index >= 15 is 0 Å². The molecule has 0 unspecified atom stereocenters. The number of allylic oxidation sites excluding steroid dienone is 1. The molecule has 0 fully saturated rings. The van der Waals surface area contributed by atoms with Gasteiger partial charge < -0.3 is 10.1 Å². The Balaban J connectivity index is 1.65. The highest BCUT2D eigenvalue weighted by atomic mass is 16.5. The van der Waals surface area contributed by atoms with Gasteiger partial charge in [-0.15, -0.1) is 0 Å². The monoisotopic (exact) mass is 287 g/mol. The molecule has 2 heteroatoms. The van der Waals surface area contributed by atoms with Gasteiger partial charge in [0.05, 0.1) is 6.61 Å². The first-order chi connectivity index (χ1) is 10.2. The molecule has 1 N–H and O–H groups in total. The number of hydrogen-bond donors (Lipinski definition) is 1. The largest absolute Gasteiger partial charge is 0.493 e. The quantitative estimate of drug-likeness (QED) is 0.552. The molecule has 116 valence electrons. The molecule has 0 bridgehead atoms. The van der Waals surface area contributed by atoms with Crippen LogP contribution in [0.15, 0.2) is 35.9 Å². The van der Waals surface area contributed by atoms with E-state index in [1.807, 2.05) is 0 Å². The minimum atomic E-state index is 0.570. The maximum absolute atomic E-state index is 5.70. The molecule has 2 nitrogen and oxygen atoms in total. The minimum Gasteiger partial charge on any atom is -0.493 e. The van der Waals surface area contributed by atoms with Crippen LogP contribution in [0.25, 0.3) is 0 Å². The van der Waals surface area contributed by atoms with Gasteiger partial charge in [-0.1, -0.05) is 37.6 Å². The zero-order chi connectivity index (χ0) is 14.9. The fourth-order valence-corrected chi connectivity index (χ4v) is 2.58. The van der Waals surface area contributed by atoms with Gasteiger partial charge in [0.25, 0.3) is 0 Å². The number of ether oxygens (including phenoxy) is 1. The molecule has 0 aliphatic heterocycles. The van der Waals surface area contributed by atoms with Gasteiger partial charge >= 0.3 is 0 Å². The Hall–Kier alpha value is -1.28. The summed E-state index contributed by atoms with van der Waals surface area (Å²) < 4.78 is 5.70. The van der Waals surface area contributed by atoms with Crippen molar-refractivity contribution in [2.24, 2.45) is 5.92 Å². The molecule has 0 aromatic heterocycles. The summed E-state index contributed by atoms with van der Waals surface area (Å²) in [6.07, 6.45) is 8.99. The highest BCUT2D eigenvalue weighted by Crippen LogP contribution is 2.19. The summed E-state index contributed by atoms with van der Waals surface area (Å²) in [6, 6.07) is 8.46. The topological polar surface area (TPSA) is 21.3 Å². The lowest BCUT2D eigenvalue weighted by Crippen LogP contribution is -2.15. The summed E-state index contributed by atoms with van der Waals surface area (Å²) in [6.45, 7) is 7.14. The van der Waals surface area contributed by atoms with Crippen molar-refractivity contribution in [3.8, 4) is 5.75 Å². The third-order valence-corrected chi connectivity index (χ3v) is 3.84. The third-order valence-electron chi connectivity index (χ3n) is 3.84. The molecule has 0 spiro atoms. The van der Waals surface area contributed by atoms with E-state index in [-0.39, 0.29) is 0 Å². The average Bonchev–Trinajstić information content (AvgIpc) is 2.52. The van der Waals surface area contributed by atoms with Gasteiger partial charge in [-0.2, -0.15) is 0 Å². The number of benzene rings is 1. The van der Waals surface area contributed by atoms with E-state index in [1.165, 1.54) is 37.7 Å². The molecule has 0 saturated heterocycles. The molecule has 0 radical (unpaired) electrons. The molecule has 0 heterocycles. The summed E-state index contributed by atoms with van der Waals surface area (Å²) in [5.74, 6) is 1.54. The van der Waals surface area contributed by atoms with E-state index in [0.29, 0.717) is 5.92 Å². The highest BCUT2D eigenvalue weighted by molar-refractivity contribution is 5.27. The van der Waals surface area contributed by atoms with Gasteiger partial charge in [0.2, 0.25) is 0 Å². The van der Waals surface area contributed by atoms with Crippen LogP contribution in [0.3, 0.4) is 0 Å². The Bertz CT molecular complexity index is 433. The maximum Gasteiger partial charge on any atom is 0.119 e. The maximum atomic E-state index is 5.70. The van der Waals surface area contributed by atoms with Gasteiger partial charge in [-0.3, -0.25) is 0 Å². The van der Waals surface area contributed by atoms with Gasteiger partial charge in [0.1, 0.15) is 5.75 Å². The van der Waals surface area contributed by atoms with E-state index in [9.17, 15) is 0 Å². The third kappa shape index (κ3) is 6.34. The lowest BCUT2D eigenvalue weighted by molar-refractivity contribution is 0.271. The van der Waals surface area contributed by atoms with Crippen molar-refractivity contribution in [3.63, 3.8) is 0 Å². The van der Waals surface area contributed by atoms with Gasteiger partial charge in [0.15, 0.2) is 0 Å². The molecular formula is C19H29NO. The molecule has 1 aromatic rings. The first-order valence-corrected chi connectivity index (χ1v) is 8.34. The van der Waals surface area contributed by atoms with Crippen molar-refractivity contribution in [2.45, 2.75) is 52.5 Å². The van der Waals surface area contributed by atoms with E-state index in [1.54, 1.807) is 5.57 Å². The van der Waals surface area contributed by atoms with Crippen LogP contribution in [0, 0.1) is 5.92 Å². The highest BCUT2D eigenvalue weighted by Gasteiger charge is 2.03. The summed E-state index contributed by atoms with van der Waals surface area (Å²) in [5, 5.41) is 3.54. The van der Waals surface area contributed by atoms with Crippen molar-refractivity contribution in [1.29, 1.82) is 0 Å². The standard InChI is InChI=1S/C19H29NO/c1-16(2)15-21-19-10-8-18(9-11-19)14-20-13-12-17-6-4-3-5-7-17/h6,8-11,16,20H,3-5,7,12-15H2,1-2H3. The summed E-state index contributed by atoms with van der Waals surface area (Å²) in [4.78, 5) is 0. The van der Waals surface area contributed by atoms with Crippen LogP contribution in [-0.4, -0.2) is 13.2 Å². The van der Waals surface area contributed by atoms with E-state index in [4.69, 9.17) is 4.74 Å². The van der Waals surface area contributed by atoms with Crippen LogP contribution in [0.4, 0.5) is 0 Å². The van der Waals surface area contributed by atoms with Crippen molar-refractivity contribution in [1.82, 2.24) is 5.32 Å². The normalized spacial score (nSPS) is 15.1. The van der Waals surface area contributed by atoms with Crippen LogP contribution in [-0.2, 0) is 6.54 Å². The first kappa shape index (κ1) is 16.1. The van der Waals surface area contributed by atoms with Crippen LogP contribution < -0.4 is 10.1 Å². The molecule has 0 atom stereocenters. The first-order valence-electron chi connectivity index (χ1n) is 8.34. The summed E-state index contributed by atoms with van der Waals surface area (Å²) in [7, 11) is 0. The predicted octanol–water partition coefficient (Wildman–Crippen LogP) is 4.70. The Morgan fingerprint density at radius 1 is 1.14 bits per heavy atom.